The molecule has 1 fully saturated rings. The molecule has 0 radical (unpaired) electrons. The first kappa shape index (κ1) is 14.8. The van der Waals surface area contributed by atoms with Crippen LogP contribution in [0.1, 0.15) is 17.5 Å². The summed E-state index contributed by atoms with van der Waals surface area (Å²) in [5.41, 5.74) is 1.62. The van der Waals surface area contributed by atoms with Gasteiger partial charge < -0.3 is 19.5 Å². The van der Waals surface area contributed by atoms with Gasteiger partial charge in [0.25, 0.3) is 0 Å². The summed E-state index contributed by atoms with van der Waals surface area (Å²) in [6.45, 7) is 1.34. The number of aromatic nitrogens is 1. The molecule has 1 saturated heterocycles. The summed E-state index contributed by atoms with van der Waals surface area (Å²) in [5, 5.41) is 9.13. The van der Waals surface area contributed by atoms with Crippen molar-refractivity contribution in [1.29, 1.82) is 0 Å². The fourth-order valence-corrected chi connectivity index (χ4v) is 3.31. The average Bonchev–Trinajstić information content (AvgIpc) is 3.16. The lowest BCUT2D eigenvalue weighted by Gasteiger charge is -2.22. The molecule has 24 heavy (non-hydrogen) atoms. The number of likely N-dealkylation sites (tertiary alicyclic amines) is 1. The first-order valence-corrected chi connectivity index (χ1v) is 7.97. The van der Waals surface area contributed by atoms with Gasteiger partial charge in [-0.05, 0) is 11.6 Å². The standard InChI is InChI=1S/C18H18N2O4/c21-17(22)20-9-8-18(12-20)10-14-6-7-15(19-16(14)24-18)23-11-13-4-2-1-3-5-13/h1-7H,8-12H2,(H,21,22). The molecule has 124 valence electrons. The lowest BCUT2D eigenvalue weighted by molar-refractivity contribution is 0.0921. The van der Waals surface area contributed by atoms with Gasteiger partial charge in [-0.1, -0.05) is 30.3 Å². The van der Waals surface area contributed by atoms with E-state index in [9.17, 15) is 4.79 Å². The Bertz CT molecular complexity index is 765. The number of hydrogen-bond acceptors (Lipinski definition) is 4. The zero-order valence-electron chi connectivity index (χ0n) is 13.1. The van der Waals surface area contributed by atoms with E-state index in [0.29, 0.717) is 44.3 Å². The van der Waals surface area contributed by atoms with Gasteiger partial charge >= 0.3 is 6.09 Å². The van der Waals surface area contributed by atoms with E-state index >= 15 is 0 Å². The molecule has 1 N–H and O–H groups in total. The van der Waals surface area contributed by atoms with Crippen molar-refractivity contribution >= 4 is 6.09 Å². The van der Waals surface area contributed by atoms with Gasteiger partial charge in [-0.25, -0.2) is 4.79 Å². The third kappa shape index (κ3) is 2.75. The maximum atomic E-state index is 11.1. The van der Waals surface area contributed by atoms with Crippen molar-refractivity contribution in [2.75, 3.05) is 13.1 Å². The van der Waals surface area contributed by atoms with Gasteiger partial charge in [0.2, 0.25) is 11.8 Å². The SMILES string of the molecule is O=C(O)N1CCC2(Cc3ccc(OCc4ccccc4)nc3O2)C1. The minimum Gasteiger partial charge on any atom is -0.473 e. The molecule has 2 aliphatic heterocycles. The van der Waals surface area contributed by atoms with Crippen molar-refractivity contribution in [3.63, 3.8) is 0 Å². The molecule has 0 bridgehead atoms. The Morgan fingerprint density at radius 3 is 2.88 bits per heavy atom. The van der Waals surface area contributed by atoms with Crippen molar-refractivity contribution < 1.29 is 19.4 Å². The molecule has 6 nitrogen and oxygen atoms in total. The van der Waals surface area contributed by atoms with Crippen LogP contribution in [0.2, 0.25) is 0 Å². The second-order valence-electron chi connectivity index (χ2n) is 6.30. The molecule has 1 aromatic carbocycles. The summed E-state index contributed by atoms with van der Waals surface area (Å²) in [6, 6.07) is 13.7. The van der Waals surface area contributed by atoms with Crippen LogP contribution in [0, 0.1) is 0 Å². The molecular weight excluding hydrogens is 308 g/mol. The predicted molar refractivity (Wildman–Crippen MR) is 86.3 cm³/mol. The van der Waals surface area contributed by atoms with Crippen molar-refractivity contribution in [2.45, 2.75) is 25.0 Å². The molecule has 2 aromatic rings. The average molecular weight is 326 g/mol. The molecule has 1 aromatic heterocycles. The molecule has 1 spiro atoms. The Morgan fingerprint density at radius 2 is 2.12 bits per heavy atom. The van der Waals surface area contributed by atoms with Crippen LogP contribution >= 0.6 is 0 Å². The quantitative estimate of drug-likeness (QED) is 0.939. The molecular formula is C18H18N2O4. The van der Waals surface area contributed by atoms with Gasteiger partial charge in [-0.3, -0.25) is 0 Å². The number of hydrogen-bond donors (Lipinski definition) is 1. The van der Waals surface area contributed by atoms with Crippen molar-refractivity contribution in [2.24, 2.45) is 0 Å². The van der Waals surface area contributed by atoms with E-state index in [-0.39, 0.29) is 0 Å². The zero-order valence-corrected chi connectivity index (χ0v) is 13.1. The second kappa shape index (κ2) is 5.70. The van der Waals surface area contributed by atoms with E-state index in [2.05, 4.69) is 4.98 Å². The van der Waals surface area contributed by atoms with Gasteiger partial charge in [0, 0.05) is 31.0 Å². The lowest BCUT2D eigenvalue weighted by Crippen LogP contribution is -2.39. The monoisotopic (exact) mass is 326 g/mol. The van der Waals surface area contributed by atoms with Crippen LogP contribution in [0.25, 0.3) is 0 Å². The van der Waals surface area contributed by atoms with E-state index in [1.54, 1.807) is 0 Å². The van der Waals surface area contributed by atoms with Crippen LogP contribution in [-0.4, -0.2) is 39.8 Å². The van der Waals surface area contributed by atoms with Crippen LogP contribution < -0.4 is 9.47 Å². The highest BCUT2D eigenvalue weighted by Crippen LogP contribution is 2.40. The van der Waals surface area contributed by atoms with Crippen molar-refractivity contribution in [3.8, 4) is 11.8 Å². The summed E-state index contributed by atoms with van der Waals surface area (Å²) in [7, 11) is 0. The van der Waals surface area contributed by atoms with E-state index < -0.39 is 11.7 Å². The van der Waals surface area contributed by atoms with Gasteiger partial charge in [0.1, 0.15) is 12.2 Å². The smallest absolute Gasteiger partial charge is 0.407 e. The largest absolute Gasteiger partial charge is 0.473 e. The Morgan fingerprint density at radius 1 is 1.29 bits per heavy atom. The molecule has 0 saturated carbocycles. The molecule has 1 unspecified atom stereocenters. The fraction of sp³-hybridized carbons (Fsp3) is 0.333. The van der Waals surface area contributed by atoms with Crippen molar-refractivity contribution in [3.05, 3.63) is 53.6 Å². The normalized spacial score (nSPS) is 21.6. The van der Waals surface area contributed by atoms with E-state index in [0.717, 1.165) is 11.1 Å². The number of rotatable bonds is 3. The summed E-state index contributed by atoms with van der Waals surface area (Å²) >= 11 is 0. The summed E-state index contributed by atoms with van der Waals surface area (Å²) in [4.78, 5) is 17.0. The summed E-state index contributed by atoms with van der Waals surface area (Å²) < 4.78 is 11.8. The van der Waals surface area contributed by atoms with Gasteiger partial charge in [0.15, 0.2) is 0 Å². The van der Waals surface area contributed by atoms with Crippen LogP contribution in [0.15, 0.2) is 42.5 Å². The highest BCUT2D eigenvalue weighted by atomic mass is 16.5. The molecule has 6 heteroatoms. The van der Waals surface area contributed by atoms with Gasteiger partial charge in [-0.15, -0.1) is 0 Å². The minimum absolute atomic E-state index is 0.388. The minimum atomic E-state index is -0.897. The molecule has 1 amide bonds. The van der Waals surface area contributed by atoms with Crippen LogP contribution in [0.3, 0.4) is 0 Å². The van der Waals surface area contributed by atoms with Crippen LogP contribution in [0.4, 0.5) is 4.79 Å². The maximum absolute atomic E-state index is 11.1. The zero-order chi connectivity index (χ0) is 16.6. The topological polar surface area (TPSA) is 71.9 Å². The Labute approximate surface area is 139 Å². The molecule has 3 heterocycles. The molecule has 4 rings (SSSR count). The first-order chi connectivity index (χ1) is 11.6. The van der Waals surface area contributed by atoms with Gasteiger partial charge in [0.05, 0.1) is 6.54 Å². The Balaban J connectivity index is 1.45. The van der Waals surface area contributed by atoms with E-state index in [1.807, 2.05) is 42.5 Å². The lowest BCUT2D eigenvalue weighted by atomic mass is 9.97. The fourth-order valence-electron chi connectivity index (χ4n) is 3.31. The number of pyridine rings is 1. The molecule has 2 aliphatic rings. The van der Waals surface area contributed by atoms with E-state index in [4.69, 9.17) is 14.6 Å². The maximum Gasteiger partial charge on any atom is 0.407 e. The number of nitrogens with zero attached hydrogens (tertiary/aromatic N) is 2. The molecule has 0 aliphatic carbocycles. The first-order valence-electron chi connectivity index (χ1n) is 7.97. The summed E-state index contributed by atoms with van der Waals surface area (Å²) in [6.07, 6.45) is 0.486. The highest BCUT2D eigenvalue weighted by molar-refractivity contribution is 5.65. The molecule has 1 atom stereocenters. The van der Waals surface area contributed by atoms with E-state index in [1.165, 1.54) is 4.90 Å². The number of ether oxygens (including phenoxy) is 2. The van der Waals surface area contributed by atoms with Crippen LogP contribution in [-0.2, 0) is 13.0 Å². The predicted octanol–water partition coefficient (Wildman–Crippen LogP) is 2.72. The number of fused-ring (bicyclic) bond motifs is 1. The number of amides is 1. The Kier molecular flexibility index (Phi) is 3.52. The van der Waals surface area contributed by atoms with Crippen molar-refractivity contribution in [1.82, 2.24) is 9.88 Å². The van der Waals surface area contributed by atoms with Gasteiger partial charge in [-0.2, -0.15) is 4.98 Å². The third-order valence-corrected chi connectivity index (χ3v) is 4.56. The van der Waals surface area contributed by atoms with Crippen LogP contribution in [0.5, 0.6) is 11.8 Å². The highest BCUT2D eigenvalue weighted by Gasteiger charge is 2.47. The third-order valence-electron chi connectivity index (χ3n) is 4.56. The number of carbonyl (C=O) groups is 1. The number of benzene rings is 1. The summed E-state index contributed by atoms with van der Waals surface area (Å²) in [5.74, 6) is 1.08. The second-order valence-corrected chi connectivity index (χ2v) is 6.30. The number of carboxylic acid groups (broad SMARTS) is 1. The Hall–Kier alpha value is -2.76.